The Morgan fingerprint density at radius 3 is 2.52 bits per heavy atom. The lowest BCUT2D eigenvalue weighted by molar-refractivity contribution is -0.117. The number of anilines is 1. The summed E-state index contributed by atoms with van der Waals surface area (Å²) >= 11 is 0. The van der Waals surface area contributed by atoms with Gasteiger partial charge in [0, 0.05) is 23.5 Å². The molecule has 0 saturated heterocycles. The van der Waals surface area contributed by atoms with Crippen LogP contribution in [0.5, 0.6) is 0 Å². The summed E-state index contributed by atoms with van der Waals surface area (Å²) in [6, 6.07) is 20.2. The standard InChI is InChI=1S/C22H18N4O3/c27-21-20(26-22(28)29-14-15-6-2-1-3-7-15)25-19(16-10-12-23-13-11-16)17-8-4-5-9-18(17)24-21/h1-13,20H,14H2,(H,24,27)(H,26,28)/t20-/m0/s1. The number of hydrogen-bond donors (Lipinski definition) is 2. The highest BCUT2D eigenvalue weighted by molar-refractivity contribution is 6.19. The van der Waals surface area contributed by atoms with Gasteiger partial charge in [0.25, 0.3) is 5.91 Å². The molecule has 3 aromatic rings. The zero-order chi connectivity index (χ0) is 20.1. The number of aromatic nitrogens is 1. The molecule has 1 aromatic heterocycles. The van der Waals surface area contributed by atoms with Crippen molar-refractivity contribution in [3.63, 3.8) is 0 Å². The molecule has 0 spiro atoms. The molecule has 1 atom stereocenters. The van der Waals surface area contributed by atoms with Gasteiger partial charge in [0.05, 0.1) is 11.4 Å². The Kier molecular flexibility index (Phi) is 5.29. The monoisotopic (exact) mass is 386 g/mol. The summed E-state index contributed by atoms with van der Waals surface area (Å²) in [4.78, 5) is 33.5. The van der Waals surface area contributed by atoms with Gasteiger partial charge in [-0.2, -0.15) is 0 Å². The fraction of sp³-hybridized carbons (Fsp3) is 0.0909. The number of pyridine rings is 1. The van der Waals surface area contributed by atoms with Crippen LogP contribution in [0.4, 0.5) is 10.5 Å². The normalized spacial score (nSPS) is 15.4. The van der Waals surface area contributed by atoms with Crippen LogP contribution in [0.3, 0.4) is 0 Å². The highest BCUT2D eigenvalue weighted by Gasteiger charge is 2.27. The van der Waals surface area contributed by atoms with Crippen LogP contribution in [0.25, 0.3) is 0 Å². The topological polar surface area (TPSA) is 92.7 Å². The number of nitrogens with zero attached hydrogens (tertiary/aromatic N) is 2. The number of carbonyl (C=O) groups is 2. The average molecular weight is 386 g/mol. The first-order chi connectivity index (χ1) is 14.2. The molecule has 29 heavy (non-hydrogen) atoms. The SMILES string of the molecule is O=C(N[C@@H]1N=C(c2ccncc2)c2ccccc2NC1=O)OCc1ccccc1. The maximum Gasteiger partial charge on any atom is 0.409 e. The minimum absolute atomic E-state index is 0.0994. The van der Waals surface area contributed by atoms with E-state index in [1.807, 2.05) is 48.5 Å². The second kappa shape index (κ2) is 8.35. The van der Waals surface area contributed by atoms with Gasteiger partial charge in [-0.05, 0) is 23.8 Å². The van der Waals surface area contributed by atoms with Crippen LogP contribution in [0, 0.1) is 0 Å². The molecule has 2 aromatic carbocycles. The van der Waals surface area contributed by atoms with E-state index >= 15 is 0 Å². The lowest BCUT2D eigenvalue weighted by Gasteiger charge is -2.13. The van der Waals surface area contributed by atoms with E-state index in [1.165, 1.54) is 0 Å². The van der Waals surface area contributed by atoms with Gasteiger partial charge in [-0.15, -0.1) is 0 Å². The first-order valence-corrected chi connectivity index (χ1v) is 9.06. The molecular weight excluding hydrogens is 368 g/mol. The molecule has 0 unspecified atom stereocenters. The molecule has 1 aliphatic heterocycles. The first-order valence-electron chi connectivity index (χ1n) is 9.06. The number of para-hydroxylation sites is 1. The Morgan fingerprint density at radius 1 is 1.00 bits per heavy atom. The molecule has 2 N–H and O–H groups in total. The molecule has 0 fully saturated rings. The molecule has 0 aliphatic carbocycles. The molecule has 2 amide bonds. The second-order valence-electron chi connectivity index (χ2n) is 6.36. The third kappa shape index (κ3) is 4.30. The highest BCUT2D eigenvalue weighted by atomic mass is 16.5. The van der Waals surface area contributed by atoms with Crippen molar-refractivity contribution in [1.82, 2.24) is 10.3 Å². The van der Waals surface area contributed by atoms with Crippen molar-refractivity contribution in [2.24, 2.45) is 4.99 Å². The number of amides is 2. The molecule has 144 valence electrons. The number of ether oxygens (including phenoxy) is 1. The van der Waals surface area contributed by atoms with E-state index in [4.69, 9.17) is 4.74 Å². The summed E-state index contributed by atoms with van der Waals surface area (Å²) in [5.41, 5.74) is 3.59. The number of rotatable bonds is 4. The first kappa shape index (κ1) is 18.4. The molecule has 7 heteroatoms. The number of hydrogen-bond acceptors (Lipinski definition) is 5. The third-order valence-electron chi connectivity index (χ3n) is 4.37. The predicted octanol–water partition coefficient (Wildman–Crippen LogP) is 3.12. The Balaban J connectivity index is 1.58. The number of carbonyl (C=O) groups excluding carboxylic acids is 2. The van der Waals surface area contributed by atoms with Crippen LogP contribution in [0.2, 0.25) is 0 Å². The van der Waals surface area contributed by atoms with E-state index in [1.54, 1.807) is 30.6 Å². The molecule has 0 saturated carbocycles. The Bertz CT molecular complexity index is 1050. The number of alkyl carbamates (subject to hydrolysis) is 1. The van der Waals surface area contributed by atoms with Crippen molar-refractivity contribution in [2.45, 2.75) is 12.8 Å². The van der Waals surface area contributed by atoms with Gasteiger partial charge in [0.1, 0.15) is 6.61 Å². The third-order valence-corrected chi connectivity index (χ3v) is 4.37. The lowest BCUT2D eigenvalue weighted by Crippen LogP contribution is -2.42. The van der Waals surface area contributed by atoms with Crippen LogP contribution in [0.15, 0.2) is 84.1 Å². The zero-order valence-corrected chi connectivity index (χ0v) is 15.4. The molecule has 2 heterocycles. The molecule has 0 radical (unpaired) electrons. The van der Waals surface area contributed by atoms with Crippen molar-refractivity contribution in [3.8, 4) is 0 Å². The Labute approximate surface area is 167 Å². The van der Waals surface area contributed by atoms with Crippen molar-refractivity contribution < 1.29 is 14.3 Å². The van der Waals surface area contributed by atoms with E-state index < -0.39 is 18.2 Å². The van der Waals surface area contributed by atoms with E-state index in [0.29, 0.717) is 11.4 Å². The Morgan fingerprint density at radius 2 is 1.72 bits per heavy atom. The number of aliphatic imine (C=N–C) groups is 1. The van der Waals surface area contributed by atoms with Gasteiger partial charge in [-0.3, -0.25) is 15.1 Å². The average Bonchev–Trinajstić information content (AvgIpc) is 2.90. The maximum atomic E-state index is 12.7. The van der Waals surface area contributed by atoms with Gasteiger partial charge in [0.2, 0.25) is 6.17 Å². The molecule has 7 nitrogen and oxygen atoms in total. The molecule has 0 bridgehead atoms. The van der Waals surface area contributed by atoms with E-state index in [-0.39, 0.29) is 6.61 Å². The molecule has 1 aliphatic rings. The zero-order valence-electron chi connectivity index (χ0n) is 15.4. The smallest absolute Gasteiger partial charge is 0.409 e. The van der Waals surface area contributed by atoms with Crippen molar-refractivity contribution in [2.75, 3.05) is 5.32 Å². The maximum absolute atomic E-state index is 12.7. The predicted molar refractivity (Wildman–Crippen MR) is 108 cm³/mol. The highest BCUT2D eigenvalue weighted by Crippen LogP contribution is 2.23. The summed E-state index contributed by atoms with van der Waals surface area (Å²) in [6.07, 6.45) is 1.44. The fourth-order valence-electron chi connectivity index (χ4n) is 2.97. The second-order valence-corrected chi connectivity index (χ2v) is 6.36. The number of fused-ring (bicyclic) bond motifs is 1. The molecular formula is C22H18N4O3. The van der Waals surface area contributed by atoms with Crippen LogP contribution in [-0.4, -0.2) is 28.9 Å². The number of nitrogens with one attached hydrogen (secondary N) is 2. The Hall–Kier alpha value is -4.00. The summed E-state index contributed by atoms with van der Waals surface area (Å²) < 4.78 is 5.23. The van der Waals surface area contributed by atoms with Crippen LogP contribution < -0.4 is 10.6 Å². The summed E-state index contributed by atoms with van der Waals surface area (Å²) in [5, 5.41) is 5.35. The van der Waals surface area contributed by atoms with Gasteiger partial charge < -0.3 is 10.1 Å². The van der Waals surface area contributed by atoms with Crippen molar-refractivity contribution >= 4 is 23.4 Å². The summed E-state index contributed by atoms with van der Waals surface area (Å²) in [5.74, 6) is -0.446. The summed E-state index contributed by atoms with van der Waals surface area (Å²) in [6.45, 7) is 0.0994. The van der Waals surface area contributed by atoms with E-state index in [2.05, 4.69) is 20.6 Å². The van der Waals surface area contributed by atoms with Crippen LogP contribution in [0.1, 0.15) is 16.7 Å². The number of benzodiazepines with no additional fused rings is 1. The van der Waals surface area contributed by atoms with Crippen LogP contribution >= 0.6 is 0 Å². The van der Waals surface area contributed by atoms with Gasteiger partial charge in [-0.25, -0.2) is 9.79 Å². The van der Waals surface area contributed by atoms with Crippen LogP contribution in [-0.2, 0) is 16.1 Å². The van der Waals surface area contributed by atoms with Gasteiger partial charge in [0.15, 0.2) is 0 Å². The van der Waals surface area contributed by atoms with Crippen molar-refractivity contribution in [1.29, 1.82) is 0 Å². The van der Waals surface area contributed by atoms with Gasteiger partial charge in [-0.1, -0.05) is 48.5 Å². The lowest BCUT2D eigenvalue weighted by atomic mass is 10.0. The quantitative estimate of drug-likeness (QED) is 0.721. The molecule has 4 rings (SSSR count). The van der Waals surface area contributed by atoms with E-state index in [0.717, 1.165) is 16.7 Å². The number of benzene rings is 2. The largest absolute Gasteiger partial charge is 0.445 e. The van der Waals surface area contributed by atoms with Crippen molar-refractivity contribution in [3.05, 3.63) is 95.8 Å². The fourth-order valence-corrected chi connectivity index (χ4v) is 2.97. The minimum atomic E-state index is -1.13. The summed E-state index contributed by atoms with van der Waals surface area (Å²) in [7, 11) is 0. The van der Waals surface area contributed by atoms with E-state index in [9.17, 15) is 9.59 Å². The van der Waals surface area contributed by atoms with Gasteiger partial charge >= 0.3 is 6.09 Å². The minimum Gasteiger partial charge on any atom is -0.445 e.